The number of halogens is 1. The molecule has 5 nitrogen and oxygen atoms in total. The zero-order chi connectivity index (χ0) is 17.2. The molecule has 0 bridgehead atoms. The molecule has 0 spiro atoms. The van der Waals surface area contributed by atoms with E-state index in [2.05, 4.69) is 15.4 Å². The molecule has 128 valence electrons. The summed E-state index contributed by atoms with van der Waals surface area (Å²) in [5.74, 6) is 0.954. The molecule has 4 rings (SSSR count). The Bertz CT molecular complexity index is 888. The van der Waals surface area contributed by atoms with Crippen molar-refractivity contribution < 1.29 is 14.0 Å². The second kappa shape index (κ2) is 6.57. The lowest BCUT2D eigenvalue weighted by atomic mass is 10.00. The van der Waals surface area contributed by atoms with Gasteiger partial charge in [-0.15, -0.1) is 0 Å². The lowest BCUT2D eigenvalue weighted by molar-refractivity contribution is 0.423. The molecule has 1 aliphatic rings. The quantitative estimate of drug-likeness (QED) is 0.767. The smallest absolute Gasteiger partial charge is 0.172 e. The molecule has 25 heavy (non-hydrogen) atoms. The number of anilines is 1. The number of hydrogen-bond donors (Lipinski definition) is 2. The van der Waals surface area contributed by atoms with Gasteiger partial charge in [-0.2, -0.15) is 0 Å². The Hall–Kier alpha value is -2.86. The van der Waals surface area contributed by atoms with Crippen molar-refractivity contribution in [2.75, 3.05) is 31.1 Å². The first-order chi connectivity index (χ1) is 12.2. The highest BCUT2D eigenvalue weighted by Crippen LogP contribution is 2.39. The van der Waals surface area contributed by atoms with Crippen molar-refractivity contribution in [2.24, 2.45) is 0 Å². The van der Waals surface area contributed by atoms with E-state index < -0.39 is 0 Å². The summed E-state index contributed by atoms with van der Waals surface area (Å²) in [7, 11) is 0. The fraction of sp³-hybridized carbons (Fsp3) is 0.211. The van der Waals surface area contributed by atoms with Crippen molar-refractivity contribution in [3.8, 4) is 28.2 Å². The van der Waals surface area contributed by atoms with E-state index in [1.807, 2.05) is 12.1 Å². The van der Waals surface area contributed by atoms with Crippen molar-refractivity contribution in [2.45, 2.75) is 0 Å². The minimum atomic E-state index is -0.344. The lowest BCUT2D eigenvalue weighted by Gasteiger charge is -2.26. The molecule has 2 heterocycles. The first kappa shape index (κ1) is 15.7. The first-order valence-corrected chi connectivity index (χ1v) is 8.23. The van der Waals surface area contributed by atoms with Crippen molar-refractivity contribution >= 4 is 5.82 Å². The maximum absolute atomic E-state index is 13.5. The van der Waals surface area contributed by atoms with Crippen LogP contribution in [-0.2, 0) is 0 Å². The third-order valence-corrected chi connectivity index (χ3v) is 4.38. The molecule has 2 aromatic carbocycles. The Balaban J connectivity index is 1.69. The Morgan fingerprint density at radius 3 is 2.60 bits per heavy atom. The van der Waals surface area contributed by atoms with Gasteiger partial charge in [-0.3, -0.25) is 0 Å². The Kier molecular flexibility index (Phi) is 4.11. The molecule has 3 aromatic rings. The zero-order valence-electron chi connectivity index (χ0n) is 13.6. The van der Waals surface area contributed by atoms with Crippen LogP contribution in [0.1, 0.15) is 0 Å². The van der Waals surface area contributed by atoms with Gasteiger partial charge in [0.2, 0.25) is 0 Å². The number of rotatable bonds is 3. The molecule has 1 aliphatic heterocycles. The van der Waals surface area contributed by atoms with E-state index in [0.29, 0.717) is 22.5 Å². The number of benzene rings is 2. The predicted molar refractivity (Wildman–Crippen MR) is 94.1 cm³/mol. The summed E-state index contributed by atoms with van der Waals surface area (Å²) in [5.41, 5.74) is 1.70. The SMILES string of the molecule is Oc1c(-c2cccc(F)c2)cccc1-c1cc(N2CCNCC2)no1. The van der Waals surface area contributed by atoms with Crippen LogP contribution in [0.15, 0.2) is 53.1 Å². The largest absolute Gasteiger partial charge is 0.507 e. The number of phenols is 1. The number of nitrogens with one attached hydrogen (secondary N) is 1. The summed E-state index contributed by atoms with van der Waals surface area (Å²) >= 11 is 0. The van der Waals surface area contributed by atoms with E-state index in [4.69, 9.17) is 4.52 Å². The molecule has 0 saturated carbocycles. The van der Waals surface area contributed by atoms with Gasteiger partial charge in [0, 0.05) is 37.8 Å². The molecule has 0 atom stereocenters. The van der Waals surface area contributed by atoms with Gasteiger partial charge in [0.1, 0.15) is 11.6 Å². The highest BCUT2D eigenvalue weighted by atomic mass is 19.1. The van der Waals surface area contributed by atoms with Gasteiger partial charge in [-0.25, -0.2) is 4.39 Å². The van der Waals surface area contributed by atoms with Crippen LogP contribution in [0.3, 0.4) is 0 Å². The zero-order valence-corrected chi connectivity index (χ0v) is 13.6. The topological polar surface area (TPSA) is 61.5 Å². The molecule has 0 amide bonds. The van der Waals surface area contributed by atoms with Crippen molar-refractivity contribution in [1.82, 2.24) is 10.5 Å². The van der Waals surface area contributed by atoms with Crippen LogP contribution in [0.5, 0.6) is 5.75 Å². The Labute approximate surface area is 144 Å². The van der Waals surface area contributed by atoms with E-state index in [1.165, 1.54) is 12.1 Å². The fourth-order valence-corrected chi connectivity index (χ4v) is 3.07. The number of aromatic nitrogens is 1. The second-order valence-corrected chi connectivity index (χ2v) is 6.00. The normalized spacial score (nSPS) is 14.7. The van der Waals surface area contributed by atoms with Gasteiger partial charge in [0.05, 0.1) is 5.56 Å². The van der Waals surface area contributed by atoms with Gasteiger partial charge in [-0.05, 0) is 23.8 Å². The van der Waals surface area contributed by atoms with Gasteiger partial charge in [0.15, 0.2) is 11.6 Å². The maximum Gasteiger partial charge on any atom is 0.172 e. The molecule has 1 saturated heterocycles. The van der Waals surface area contributed by atoms with Gasteiger partial charge >= 0.3 is 0 Å². The highest BCUT2D eigenvalue weighted by molar-refractivity contribution is 5.80. The summed E-state index contributed by atoms with van der Waals surface area (Å²) in [6.45, 7) is 3.54. The van der Waals surface area contributed by atoms with Crippen LogP contribution in [0, 0.1) is 5.82 Å². The van der Waals surface area contributed by atoms with E-state index in [0.717, 1.165) is 32.0 Å². The number of aromatic hydroxyl groups is 1. The van der Waals surface area contributed by atoms with Crippen LogP contribution >= 0.6 is 0 Å². The average molecular weight is 339 g/mol. The fourth-order valence-electron chi connectivity index (χ4n) is 3.07. The summed E-state index contributed by atoms with van der Waals surface area (Å²) in [5, 5.41) is 18.1. The molecule has 0 radical (unpaired) electrons. The van der Waals surface area contributed by atoms with E-state index in [-0.39, 0.29) is 11.6 Å². The van der Waals surface area contributed by atoms with E-state index >= 15 is 0 Å². The van der Waals surface area contributed by atoms with Crippen molar-refractivity contribution in [3.63, 3.8) is 0 Å². The van der Waals surface area contributed by atoms with Crippen LogP contribution in [0.25, 0.3) is 22.5 Å². The number of nitrogens with zero attached hydrogens (tertiary/aromatic N) is 2. The van der Waals surface area contributed by atoms with Crippen LogP contribution in [0.4, 0.5) is 10.2 Å². The summed E-state index contributed by atoms with van der Waals surface area (Å²) in [6, 6.07) is 13.3. The monoisotopic (exact) mass is 339 g/mol. The molecule has 1 fully saturated rings. The second-order valence-electron chi connectivity index (χ2n) is 6.00. The van der Waals surface area contributed by atoms with Crippen LogP contribution < -0.4 is 10.2 Å². The maximum atomic E-state index is 13.5. The molecule has 6 heteroatoms. The van der Waals surface area contributed by atoms with Crippen molar-refractivity contribution in [1.29, 1.82) is 0 Å². The predicted octanol–water partition coefficient (Wildman–Crippen LogP) is 3.26. The molecule has 2 N–H and O–H groups in total. The highest BCUT2D eigenvalue weighted by Gasteiger charge is 2.18. The standard InChI is InChI=1S/C19H18FN3O2/c20-14-4-1-3-13(11-14)15-5-2-6-16(19(15)24)17-12-18(22-25-17)23-9-7-21-8-10-23/h1-6,11-12,21,24H,7-10H2. The van der Waals surface area contributed by atoms with Crippen LogP contribution in [-0.4, -0.2) is 36.4 Å². The van der Waals surface area contributed by atoms with E-state index in [1.54, 1.807) is 24.3 Å². The molecule has 0 aliphatic carbocycles. The molecular weight excluding hydrogens is 321 g/mol. The van der Waals surface area contributed by atoms with E-state index in [9.17, 15) is 9.50 Å². The summed E-state index contributed by atoms with van der Waals surface area (Å²) in [4.78, 5) is 2.14. The minimum Gasteiger partial charge on any atom is -0.507 e. The number of hydrogen-bond acceptors (Lipinski definition) is 5. The molecule has 0 unspecified atom stereocenters. The van der Waals surface area contributed by atoms with Crippen molar-refractivity contribution in [3.05, 3.63) is 54.3 Å². The number of phenolic OH excluding ortho intramolecular Hbond substituents is 1. The summed E-state index contributed by atoms with van der Waals surface area (Å²) < 4.78 is 18.9. The minimum absolute atomic E-state index is 0.0520. The average Bonchev–Trinajstić information content (AvgIpc) is 3.12. The Morgan fingerprint density at radius 1 is 1.04 bits per heavy atom. The molecule has 1 aromatic heterocycles. The Morgan fingerprint density at radius 2 is 1.80 bits per heavy atom. The van der Waals surface area contributed by atoms with Gasteiger partial charge < -0.3 is 19.8 Å². The van der Waals surface area contributed by atoms with Gasteiger partial charge in [0.25, 0.3) is 0 Å². The number of para-hydroxylation sites is 1. The number of piperazine rings is 1. The summed E-state index contributed by atoms with van der Waals surface area (Å²) in [6.07, 6.45) is 0. The van der Waals surface area contributed by atoms with Gasteiger partial charge in [-0.1, -0.05) is 29.4 Å². The molecular formula is C19H18FN3O2. The third-order valence-electron chi connectivity index (χ3n) is 4.38. The van der Waals surface area contributed by atoms with Crippen LogP contribution in [0.2, 0.25) is 0 Å². The lowest BCUT2D eigenvalue weighted by Crippen LogP contribution is -2.43. The third kappa shape index (κ3) is 3.08. The first-order valence-electron chi connectivity index (χ1n) is 8.23.